The first-order valence-corrected chi connectivity index (χ1v) is 5.36. The molecule has 13 heavy (non-hydrogen) atoms. The number of allylic oxidation sites excluding steroid dienone is 1. The number of Topliss-reactive ketones (excluding diaryl/α,β-unsaturated/α-hetero) is 1. The molecule has 1 aromatic heterocycles. The van der Waals surface area contributed by atoms with Gasteiger partial charge < -0.3 is 0 Å². The molecule has 0 aromatic carbocycles. The van der Waals surface area contributed by atoms with Crippen LogP contribution in [0.3, 0.4) is 0 Å². The number of rotatable bonds is 6. The van der Waals surface area contributed by atoms with Crippen LogP contribution in [0, 0.1) is 0 Å². The molecule has 1 rings (SSSR count). The number of aryl methyl sites for hydroxylation is 1. The summed E-state index contributed by atoms with van der Waals surface area (Å²) in [6.07, 6.45) is 4.87. The van der Waals surface area contributed by atoms with Crippen LogP contribution >= 0.6 is 11.3 Å². The van der Waals surface area contributed by atoms with Gasteiger partial charge in [-0.15, -0.1) is 17.9 Å². The molecule has 1 nitrogen and oxygen atoms in total. The van der Waals surface area contributed by atoms with Gasteiger partial charge in [0.25, 0.3) is 0 Å². The lowest BCUT2D eigenvalue weighted by Crippen LogP contribution is -1.95. The van der Waals surface area contributed by atoms with Gasteiger partial charge in [0.15, 0.2) is 0 Å². The summed E-state index contributed by atoms with van der Waals surface area (Å²) in [6, 6.07) is 4.16. The van der Waals surface area contributed by atoms with Crippen molar-refractivity contribution in [1.29, 1.82) is 0 Å². The maximum Gasteiger partial charge on any atom is 0.136 e. The van der Waals surface area contributed by atoms with Crippen LogP contribution in [0.2, 0.25) is 0 Å². The highest BCUT2D eigenvalue weighted by Crippen LogP contribution is 2.12. The van der Waals surface area contributed by atoms with Crippen molar-refractivity contribution in [3.8, 4) is 0 Å². The van der Waals surface area contributed by atoms with Crippen LogP contribution in [0.5, 0.6) is 0 Å². The molecule has 1 heterocycles. The van der Waals surface area contributed by atoms with E-state index in [9.17, 15) is 4.79 Å². The zero-order valence-corrected chi connectivity index (χ0v) is 8.48. The van der Waals surface area contributed by atoms with Gasteiger partial charge in [-0.05, 0) is 24.3 Å². The second kappa shape index (κ2) is 5.70. The van der Waals surface area contributed by atoms with Crippen molar-refractivity contribution in [2.75, 3.05) is 0 Å². The Bertz CT molecular complexity index is 262. The number of ketones is 1. The van der Waals surface area contributed by atoms with E-state index in [-0.39, 0.29) is 0 Å². The fraction of sp³-hybridized carbons (Fsp3) is 0.364. The van der Waals surface area contributed by atoms with Gasteiger partial charge in [-0.3, -0.25) is 4.79 Å². The SMILES string of the molecule is C=CCC(=O)CCCc1cccs1. The van der Waals surface area contributed by atoms with Gasteiger partial charge >= 0.3 is 0 Å². The van der Waals surface area contributed by atoms with Gasteiger partial charge in [-0.1, -0.05) is 12.1 Å². The summed E-state index contributed by atoms with van der Waals surface area (Å²) in [7, 11) is 0. The van der Waals surface area contributed by atoms with E-state index in [1.165, 1.54) is 4.88 Å². The number of carbonyl (C=O) groups excluding carboxylic acids is 1. The first-order valence-electron chi connectivity index (χ1n) is 4.48. The summed E-state index contributed by atoms with van der Waals surface area (Å²) < 4.78 is 0. The smallest absolute Gasteiger partial charge is 0.136 e. The summed E-state index contributed by atoms with van der Waals surface area (Å²) in [6.45, 7) is 3.54. The predicted molar refractivity (Wildman–Crippen MR) is 57.1 cm³/mol. The van der Waals surface area contributed by atoms with Crippen molar-refractivity contribution in [2.45, 2.75) is 25.7 Å². The highest BCUT2D eigenvalue weighted by atomic mass is 32.1. The molecule has 0 saturated carbocycles. The molecule has 0 N–H and O–H groups in total. The van der Waals surface area contributed by atoms with Crippen LogP contribution in [0.15, 0.2) is 30.2 Å². The zero-order valence-electron chi connectivity index (χ0n) is 7.66. The number of carbonyl (C=O) groups is 1. The normalized spacial score (nSPS) is 9.85. The van der Waals surface area contributed by atoms with E-state index in [0.29, 0.717) is 18.6 Å². The maximum atomic E-state index is 11.1. The third-order valence-corrected chi connectivity index (χ3v) is 2.77. The molecule has 0 aliphatic heterocycles. The van der Waals surface area contributed by atoms with E-state index in [0.717, 1.165) is 12.8 Å². The lowest BCUT2D eigenvalue weighted by atomic mass is 10.1. The van der Waals surface area contributed by atoms with Crippen molar-refractivity contribution in [3.05, 3.63) is 35.0 Å². The van der Waals surface area contributed by atoms with Crippen molar-refractivity contribution in [1.82, 2.24) is 0 Å². The third kappa shape index (κ3) is 4.04. The minimum atomic E-state index is 0.298. The van der Waals surface area contributed by atoms with Crippen molar-refractivity contribution >= 4 is 17.1 Å². The van der Waals surface area contributed by atoms with Crippen molar-refractivity contribution in [2.24, 2.45) is 0 Å². The Morgan fingerprint density at radius 1 is 1.62 bits per heavy atom. The zero-order chi connectivity index (χ0) is 9.52. The summed E-state index contributed by atoms with van der Waals surface area (Å²) in [5, 5.41) is 2.07. The molecule has 0 amide bonds. The van der Waals surface area contributed by atoms with Crippen LogP contribution in [0.1, 0.15) is 24.1 Å². The highest BCUT2D eigenvalue weighted by Gasteiger charge is 1.99. The minimum Gasteiger partial charge on any atom is -0.299 e. The molecule has 1 aromatic rings. The lowest BCUT2D eigenvalue weighted by molar-refractivity contribution is -0.118. The fourth-order valence-corrected chi connectivity index (χ4v) is 1.93. The Morgan fingerprint density at radius 3 is 3.08 bits per heavy atom. The van der Waals surface area contributed by atoms with Gasteiger partial charge in [-0.2, -0.15) is 0 Å². The Morgan fingerprint density at radius 2 is 2.46 bits per heavy atom. The first kappa shape index (κ1) is 10.2. The Kier molecular flexibility index (Phi) is 4.47. The third-order valence-electron chi connectivity index (χ3n) is 1.83. The van der Waals surface area contributed by atoms with Crippen LogP contribution in [-0.2, 0) is 11.2 Å². The molecule has 0 saturated heterocycles. The second-order valence-corrected chi connectivity index (χ2v) is 4.00. The Labute approximate surface area is 83.1 Å². The second-order valence-electron chi connectivity index (χ2n) is 2.96. The summed E-state index contributed by atoms with van der Waals surface area (Å²) in [5.41, 5.74) is 0. The van der Waals surface area contributed by atoms with E-state index in [4.69, 9.17) is 0 Å². The van der Waals surface area contributed by atoms with E-state index in [1.54, 1.807) is 17.4 Å². The van der Waals surface area contributed by atoms with Crippen LogP contribution in [0.25, 0.3) is 0 Å². The summed E-state index contributed by atoms with van der Waals surface area (Å²) in [5.74, 6) is 0.298. The number of hydrogen-bond acceptors (Lipinski definition) is 2. The van der Waals surface area contributed by atoms with Crippen LogP contribution in [-0.4, -0.2) is 5.78 Å². The van der Waals surface area contributed by atoms with Gasteiger partial charge in [0.05, 0.1) is 0 Å². The Balaban J connectivity index is 2.14. The minimum absolute atomic E-state index is 0.298. The van der Waals surface area contributed by atoms with Gasteiger partial charge in [0, 0.05) is 17.7 Å². The van der Waals surface area contributed by atoms with Gasteiger partial charge in [0.1, 0.15) is 5.78 Å². The molecule has 0 unspecified atom stereocenters. The molecule has 0 aliphatic carbocycles. The van der Waals surface area contributed by atoms with Gasteiger partial charge in [0.2, 0.25) is 0 Å². The monoisotopic (exact) mass is 194 g/mol. The average Bonchev–Trinajstić information content (AvgIpc) is 2.57. The van der Waals surface area contributed by atoms with E-state index in [1.807, 2.05) is 6.07 Å². The molecule has 0 radical (unpaired) electrons. The molecule has 0 spiro atoms. The molecule has 0 atom stereocenters. The average molecular weight is 194 g/mol. The van der Waals surface area contributed by atoms with E-state index < -0.39 is 0 Å². The largest absolute Gasteiger partial charge is 0.299 e. The van der Waals surface area contributed by atoms with E-state index >= 15 is 0 Å². The fourth-order valence-electron chi connectivity index (χ4n) is 1.18. The number of thiophene rings is 1. The molecular formula is C11H14OS. The topological polar surface area (TPSA) is 17.1 Å². The molecular weight excluding hydrogens is 180 g/mol. The van der Waals surface area contributed by atoms with Crippen molar-refractivity contribution in [3.63, 3.8) is 0 Å². The lowest BCUT2D eigenvalue weighted by Gasteiger charge is -1.96. The van der Waals surface area contributed by atoms with Gasteiger partial charge in [-0.25, -0.2) is 0 Å². The summed E-state index contributed by atoms with van der Waals surface area (Å²) >= 11 is 1.76. The van der Waals surface area contributed by atoms with Crippen LogP contribution < -0.4 is 0 Å². The molecule has 0 aliphatic rings. The molecule has 2 heteroatoms. The van der Waals surface area contributed by atoms with Crippen LogP contribution in [0.4, 0.5) is 0 Å². The standard InChI is InChI=1S/C11H14OS/c1-2-5-10(12)6-3-7-11-8-4-9-13-11/h2,4,8-9H,1,3,5-7H2. The highest BCUT2D eigenvalue weighted by molar-refractivity contribution is 7.09. The van der Waals surface area contributed by atoms with Crippen molar-refractivity contribution < 1.29 is 4.79 Å². The molecule has 0 bridgehead atoms. The maximum absolute atomic E-state index is 11.1. The number of hydrogen-bond donors (Lipinski definition) is 0. The predicted octanol–water partition coefficient (Wildman–Crippen LogP) is 3.22. The Hall–Kier alpha value is -0.890. The summed E-state index contributed by atoms with van der Waals surface area (Å²) in [4.78, 5) is 12.5. The first-order chi connectivity index (χ1) is 6.33. The molecule has 70 valence electrons. The molecule has 0 fully saturated rings. The van der Waals surface area contributed by atoms with E-state index in [2.05, 4.69) is 18.0 Å². The quantitative estimate of drug-likeness (QED) is 0.635.